The Morgan fingerprint density at radius 1 is 1.44 bits per heavy atom. The van der Waals surface area contributed by atoms with E-state index >= 15 is 0 Å². The summed E-state index contributed by atoms with van der Waals surface area (Å²) in [5, 5.41) is 3.43. The van der Waals surface area contributed by atoms with Crippen molar-refractivity contribution in [1.29, 1.82) is 0 Å². The van der Waals surface area contributed by atoms with Gasteiger partial charge in [-0.25, -0.2) is 0 Å². The number of halogens is 1. The Morgan fingerprint density at radius 3 is 3.00 bits per heavy atom. The topological polar surface area (TPSA) is 33.7 Å². The van der Waals surface area contributed by atoms with Gasteiger partial charge in [-0.3, -0.25) is 4.90 Å². The molecule has 1 aliphatic heterocycles. The van der Waals surface area contributed by atoms with Gasteiger partial charge in [0.25, 0.3) is 0 Å². The van der Waals surface area contributed by atoms with Crippen molar-refractivity contribution in [2.45, 2.75) is 32.4 Å². The molecule has 0 spiro atoms. The lowest BCUT2D eigenvalue weighted by atomic mass is 10.2. The molecular weight excluding hydrogens is 252 g/mol. The van der Waals surface area contributed by atoms with Crippen molar-refractivity contribution in [1.82, 2.24) is 10.2 Å². The first-order valence-electron chi connectivity index (χ1n) is 6.94. The molecule has 1 unspecified atom stereocenters. The summed E-state index contributed by atoms with van der Waals surface area (Å²) in [5.74, 6) is 0.578. The molecule has 0 aliphatic carbocycles. The van der Waals surface area contributed by atoms with Crippen LogP contribution in [0.4, 0.5) is 0 Å². The fraction of sp³-hybridized carbons (Fsp3) is 1.00. The minimum absolute atomic E-state index is 0.324. The van der Waals surface area contributed by atoms with Crippen LogP contribution in [0.1, 0.15) is 20.3 Å². The number of nitrogens with zero attached hydrogens (tertiary/aromatic N) is 1. The molecule has 0 saturated carbocycles. The van der Waals surface area contributed by atoms with Crippen LogP contribution in [0.2, 0.25) is 0 Å². The summed E-state index contributed by atoms with van der Waals surface area (Å²) in [7, 11) is 0. The van der Waals surface area contributed by atoms with Crippen molar-refractivity contribution in [3.05, 3.63) is 0 Å². The molecule has 1 N–H and O–H groups in total. The summed E-state index contributed by atoms with van der Waals surface area (Å²) in [6.07, 6.45) is 1.35. The van der Waals surface area contributed by atoms with E-state index in [-0.39, 0.29) is 0 Å². The van der Waals surface area contributed by atoms with Crippen LogP contribution in [-0.2, 0) is 9.47 Å². The highest BCUT2D eigenvalue weighted by atomic mass is 35.5. The highest BCUT2D eigenvalue weighted by molar-refractivity contribution is 6.17. The number of nitrogens with one attached hydrogen (secondary N) is 1. The second-order valence-electron chi connectivity index (χ2n) is 4.94. The van der Waals surface area contributed by atoms with Gasteiger partial charge in [-0.05, 0) is 26.8 Å². The van der Waals surface area contributed by atoms with Gasteiger partial charge in [0.1, 0.15) is 0 Å². The smallest absolute Gasteiger partial charge is 0.0826 e. The van der Waals surface area contributed by atoms with Crippen LogP contribution in [0.25, 0.3) is 0 Å². The lowest BCUT2D eigenvalue weighted by molar-refractivity contribution is -0.0372. The Morgan fingerprint density at radius 2 is 2.28 bits per heavy atom. The molecule has 1 saturated heterocycles. The van der Waals surface area contributed by atoms with Crippen LogP contribution in [0, 0.1) is 0 Å². The van der Waals surface area contributed by atoms with Crippen molar-refractivity contribution >= 4 is 11.6 Å². The standard InChI is InChI=1S/C13H27ClN2O2/c1-12(2)16-6-9-18-13(11-16)10-15-5-3-7-17-8-4-14/h12-13,15H,3-11H2,1-2H3. The molecule has 0 bridgehead atoms. The summed E-state index contributed by atoms with van der Waals surface area (Å²) in [4.78, 5) is 2.47. The van der Waals surface area contributed by atoms with Gasteiger partial charge in [-0.2, -0.15) is 0 Å². The number of hydrogen-bond acceptors (Lipinski definition) is 4. The van der Waals surface area contributed by atoms with Crippen LogP contribution in [0.3, 0.4) is 0 Å². The van der Waals surface area contributed by atoms with E-state index in [0.29, 0.717) is 24.6 Å². The zero-order valence-electron chi connectivity index (χ0n) is 11.7. The van der Waals surface area contributed by atoms with Crippen LogP contribution >= 0.6 is 11.6 Å². The van der Waals surface area contributed by atoms with Gasteiger partial charge in [0.2, 0.25) is 0 Å². The predicted molar refractivity (Wildman–Crippen MR) is 75.5 cm³/mol. The molecular formula is C13H27ClN2O2. The molecule has 1 fully saturated rings. The molecule has 1 atom stereocenters. The first kappa shape index (κ1) is 16.2. The molecule has 4 nitrogen and oxygen atoms in total. The van der Waals surface area contributed by atoms with Gasteiger partial charge in [-0.1, -0.05) is 0 Å². The molecule has 0 aromatic heterocycles. The highest BCUT2D eigenvalue weighted by Crippen LogP contribution is 2.07. The summed E-state index contributed by atoms with van der Waals surface area (Å²) < 4.78 is 11.1. The highest BCUT2D eigenvalue weighted by Gasteiger charge is 2.21. The lowest BCUT2D eigenvalue weighted by Crippen LogP contribution is -2.49. The molecule has 0 aromatic carbocycles. The molecule has 1 rings (SSSR count). The van der Waals surface area contributed by atoms with Gasteiger partial charge in [0.15, 0.2) is 0 Å². The summed E-state index contributed by atoms with van der Waals surface area (Å²) in [5.41, 5.74) is 0. The third-order valence-corrected chi connectivity index (χ3v) is 3.29. The van der Waals surface area contributed by atoms with Gasteiger partial charge in [0.05, 0.1) is 19.3 Å². The molecule has 1 heterocycles. The molecule has 108 valence electrons. The van der Waals surface area contributed by atoms with Crippen LogP contribution in [0.5, 0.6) is 0 Å². The van der Waals surface area contributed by atoms with Crippen LogP contribution in [0.15, 0.2) is 0 Å². The molecule has 5 heteroatoms. The maximum atomic E-state index is 5.75. The Balaban J connectivity index is 1.98. The zero-order valence-corrected chi connectivity index (χ0v) is 12.4. The summed E-state index contributed by atoms with van der Waals surface area (Å²) >= 11 is 5.52. The zero-order chi connectivity index (χ0) is 13.2. The quantitative estimate of drug-likeness (QED) is 0.510. The lowest BCUT2D eigenvalue weighted by Gasteiger charge is -2.35. The van der Waals surface area contributed by atoms with E-state index in [0.717, 1.165) is 45.8 Å². The van der Waals surface area contributed by atoms with Crippen molar-refractivity contribution in [3.63, 3.8) is 0 Å². The van der Waals surface area contributed by atoms with E-state index < -0.39 is 0 Å². The number of hydrogen-bond donors (Lipinski definition) is 1. The van der Waals surface area contributed by atoms with Gasteiger partial charge in [-0.15, -0.1) is 11.6 Å². The van der Waals surface area contributed by atoms with Crippen molar-refractivity contribution in [2.24, 2.45) is 0 Å². The fourth-order valence-corrected chi connectivity index (χ4v) is 2.16. The van der Waals surface area contributed by atoms with E-state index in [1.54, 1.807) is 0 Å². The minimum Gasteiger partial charge on any atom is -0.380 e. The SMILES string of the molecule is CC(C)N1CCOC(CNCCCOCCCl)C1. The third kappa shape index (κ3) is 6.90. The molecule has 0 amide bonds. The van der Waals surface area contributed by atoms with E-state index in [1.807, 2.05) is 0 Å². The Labute approximate surface area is 116 Å². The maximum absolute atomic E-state index is 5.75. The first-order valence-corrected chi connectivity index (χ1v) is 7.47. The first-order chi connectivity index (χ1) is 8.74. The molecule has 0 radical (unpaired) electrons. The number of ether oxygens (including phenoxy) is 2. The van der Waals surface area contributed by atoms with E-state index in [1.165, 1.54) is 0 Å². The van der Waals surface area contributed by atoms with Crippen molar-refractivity contribution in [3.8, 4) is 0 Å². The summed E-state index contributed by atoms with van der Waals surface area (Å²) in [6.45, 7) is 10.8. The second kappa shape index (κ2) is 9.98. The van der Waals surface area contributed by atoms with E-state index in [4.69, 9.17) is 21.1 Å². The van der Waals surface area contributed by atoms with Crippen molar-refractivity contribution < 1.29 is 9.47 Å². The number of rotatable bonds is 9. The van der Waals surface area contributed by atoms with Crippen LogP contribution < -0.4 is 5.32 Å². The maximum Gasteiger partial charge on any atom is 0.0826 e. The predicted octanol–water partition coefficient (Wildman–Crippen LogP) is 1.33. The average molecular weight is 279 g/mol. The van der Waals surface area contributed by atoms with Crippen molar-refractivity contribution in [2.75, 3.05) is 51.9 Å². The number of alkyl halides is 1. The monoisotopic (exact) mass is 278 g/mol. The number of morpholine rings is 1. The largest absolute Gasteiger partial charge is 0.380 e. The third-order valence-electron chi connectivity index (χ3n) is 3.14. The van der Waals surface area contributed by atoms with E-state index in [9.17, 15) is 0 Å². The second-order valence-corrected chi connectivity index (χ2v) is 5.32. The molecule has 0 aromatic rings. The normalized spacial score (nSPS) is 21.7. The molecule has 1 aliphatic rings. The fourth-order valence-electron chi connectivity index (χ4n) is 2.05. The minimum atomic E-state index is 0.324. The average Bonchev–Trinajstić information content (AvgIpc) is 2.38. The van der Waals surface area contributed by atoms with Gasteiger partial charge < -0.3 is 14.8 Å². The Bertz CT molecular complexity index is 205. The Kier molecular flexibility index (Phi) is 8.98. The molecule has 18 heavy (non-hydrogen) atoms. The summed E-state index contributed by atoms with van der Waals surface area (Å²) in [6, 6.07) is 0.611. The van der Waals surface area contributed by atoms with E-state index in [2.05, 4.69) is 24.1 Å². The van der Waals surface area contributed by atoms with Crippen LogP contribution in [-0.4, -0.2) is 68.9 Å². The Hall–Kier alpha value is 0.130. The van der Waals surface area contributed by atoms with Gasteiger partial charge >= 0.3 is 0 Å². The van der Waals surface area contributed by atoms with Gasteiger partial charge in [0, 0.05) is 38.2 Å².